The Labute approximate surface area is 199 Å². The van der Waals surface area contributed by atoms with Gasteiger partial charge in [0, 0.05) is 28.8 Å². The lowest BCUT2D eigenvalue weighted by atomic mass is 9.62. The van der Waals surface area contributed by atoms with E-state index in [4.69, 9.17) is 11.6 Å². The summed E-state index contributed by atoms with van der Waals surface area (Å²) in [7, 11) is 0. The SMILES string of the molecule is Cc1cc(C#Cc2ccccc2)cnc1NC(=O)c1cc(C(=O)C2CC(C)(C)C2)ccc1Cl. The highest BCUT2D eigenvalue weighted by molar-refractivity contribution is 6.34. The Balaban J connectivity index is 1.49. The van der Waals surface area contributed by atoms with Crippen LogP contribution in [0.1, 0.15) is 64.1 Å². The van der Waals surface area contributed by atoms with E-state index in [9.17, 15) is 9.59 Å². The second-order valence-electron chi connectivity index (χ2n) is 9.29. The molecule has 166 valence electrons. The molecular weight excluding hydrogens is 432 g/mol. The van der Waals surface area contributed by atoms with E-state index in [0.29, 0.717) is 16.4 Å². The van der Waals surface area contributed by atoms with Gasteiger partial charge in [-0.15, -0.1) is 0 Å². The number of aromatic nitrogens is 1. The van der Waals surface area contributed by atoms with E-state index < -0.39 is 5.91 Å². The molecule has 1 N–H and O–H groups in total. The first-order valence-electron chi connectivity index (χ1n) is 10.9. The van der Waals surface area contributed by atoms with E-state index in [1.165, 1.54) is 0 Å². The molecule has 0 unspecified atom stereocenters. The van der Waals surface area contributed by atoms with Crippen molar-refractivity contribution in [3.63, 3.8) is 0 Å². The van der Waals surface area contributed by atoms with Gasteiger partial charge in [0.1, 0.15) is 5.82 Å². The predicted molar refractivity (Wildman–Crippen MR) is 132 cm³/mol. The molecule has 1 amide bonds. The van der Waals surface area contributed by atoms with Crippen LogP contribution in [0.4, 0.5) is 5.82 Å². The van der Waals surface area contributed by atoms with Crippen molar-refractivity contribution in [3.05, 3.63) is 93.6 Å². The van der Waals surface area contributed by atoms with E-state index in [0.717, 1.165) is 29.5 Å². The fourth-order valence-corrected chi connectivity index (χ4v) is 4.37. The molecule has 0 atom stereocenters. The summed E-state index contributed by atoms with van der Waals surface area (Å²) in [5.74, 6) is 6.28. The van der Waals surface area contributed by atoms with E-state index in [-0.39, 0.29) is 22.7 Å². The van der Waals surface area contributed by atoms with Crippen molar-refractivity contribution in [2.45, 2.75) is 33.6 Å². The van der Waals surface area contributed by atoms with E-state index in [1.807, 2.05) is 43.3 Å². The summed E-state index contributed by atoms with van der Waals surface area (Å²) in [6.07, 6.45) is 3.34. The first kappa shape index (κ1) is 22.8. The first-order valence-corrected chi connectivity index (χ1v) is 11.3. The van der Waals surface area contributed by atoms with Crippen molar-refractivity contribution >= 4 is 29.1 Å². The van der Waals surface area contributed by atoms with Crippen molar-refractivity contribution in [3.8, 4) is 11.8 Å². The normalized spacial score (nSPS) is 14.5. The molecule has 1 fully saturated rings. The number of ketones is 1. The van der Waals surface area contributed by atoms with Gasteiger partial charge >= 0.3 is 0 Å². The van der Waals surface area contributed by atoms with E-state index >= 15 is 0 Å². The number of aryl methyl sites for hydroxylation is 1. The van der Waals surface area contributed by atoms with Crippen LogP contribution in [0.2, 0.25) is 5.02 Å². The van der Waals surface area contributed by atoms with Crippen LogP contribution in [0.5, 0.6) is 0 Å². The topological polar surface area (TPSA) is 59.1 Å². The highest BCUT2D eigenvalue weighted by Gasteiger charge is 2.40. The molecule has 1 saturated carbocycles. The molecule has 0 saturated heterocycles. The molecule has 2 aromatic carbocycles. The summed E-state index contributed by atoms with van der Waals surface area (Å²) in [5.41, 5.74) is 3.43. The molecule has 4 nitrogen and oxygen atoms in total. The number of rotatable bonds is 4. The minimum atomic E-state index is -0.401. The van der Waals surface area contributed by atoms with Crippen molar-refractivity contribution in [2.75, 3.05) is 5.32 Å². The lowest BCUT2D eigenvalue weighted by Crippen LogP contribution is -2.36. The Hall–Kier alpha value is -3.42. The number of carbonyl (C=O) groups is 2. The molecule has 1 aliphatic carbocycles. The zero-order valence-electron chi connectivity index (χ0n) is 18.9. The van der Waals surface area contributed by atoms with Gasteiger partial charge in [-0.2, -0.15) is 0 Å². The average Bonchev–Trinajstić information content (AvgIpc) is 2.78. The Morgan fingerprint density at radius 1 is 1.03 bits per heavy atom. The van der Waals surface area contributed by atoms with Crippen molar-refractivity contribution in [1.29, 1.82) is 0 Å². The number of halogens is 1. The number of nitrogens with zero attached hydrogens (tertiary/aromatic N) is 1. The number of benzene rings is 2. The van der Waals surface area contributed by atoms with Gasteiger partial charge in [-0.05, 0) is 67.1 Å². The number of hydrogen-bond donors (Lipinski definition) is 1. The number of carbonyl (C=O) groups excluding carboxylic acids is 2. The highest BCUT2D eigenvalue weighted by Crippen LogP contribution is 2.46. The maximum Gasteiger partial charge on any atom is 0.258 e. The zero-order valence-corrected chi connectivity index (χ0v) is 19.7. The van der Waals surface area contributed by atoms with Crippen LogP contribution in [-0.2, 0) is 0 Å². The number of amides is 1. The Morgan fingerprint density at radius 2 is 1.73 bits per heavy atom. The van der Waals surface area contributed by atoms with Crippen molar-refractivity contribution < 1.29 is 9.59 Å². The first-order chi connectivity index (χ1) is 15.7. The van der Waals surface area contributed by atoms with Crippen molar-refractivity contribution in [1.82, 2.24) is 4.98 Å². The average molecular weight is 457 g/mol. The maximum atomic E-state index is 12.9. The van der Waals surface area contributed by atoms with Gasteiger partial charge in [-0.3, -0.25) is 9.59 Å². The largest absolute Gasteiger partial charge is 0.306 e. The molecule has 0 radical (unpaired) electrons. The molecule has 1 aromatic heterocycles. The lowest BCUT2D eigenvalue weighted by Gasteiger charge is -2.41. The number of pyridine rings is 1. The van der Waals surface area contributed by atoms with Gasteiger partial charge < -0.3 is 5.32 Å². The second kappa shape index (κ2) is 9.21. The van der Waals surface area contributed by atoms with Crippen LogP contribution >= 0.6 is 11.6 Å². The quantitative estimate of drug-likeness (QED) is 0.369. The molecule has 0 bridgehead atoms. The summed E-state index contributed by atoms with van der Waals surface area (Å²) >= 11 is 6.29. The monoisotopic (exact) mass is 456 g/mol. The number of nitrogens with one attached hydrogen (secondary N) is 1. The number of hydrogen-bond acceptors (Lipinski definition) is 3. The van der Waals surface area contributed by atoms with E-state index in [1.54, 1.807) is 24.4 Å². The predicted octanol–water partition coefficient (Wildman–Crippen LogP) is 6.31. The Kier molecular flexibility index (Phi) is 6.35. The molecule has 33 heavy (non-hydrogen) atoms. The fraction of sp³-hybridized carbons (Fsp3) is 0.250. The van der Waals surface area contributed by atoms with Crippen LogP contribution < -0.4 is 5.32 Å². The molecule has 0 aliphatic heterocycles. The summed E-state index contributed by atoms with van der Waals surface area (Å²) < 4.78 is 0. The van der Waals surface area contributed by atoms with Gasteiger partial charge in [-0.25, -0.2) is 4.98 Å². The smallest absolute Gasteiger partial charge is 0.258 e. The molecule has 1 aliphatic rings. The van der Waals surface area contributed by atoms with Crippen molar-refractivity contribution in [2.24, 2.45) is 11.3 Å². The second-order valence-corrected chi connectivity index (χ2v) is 9.70. The summed E-state index contributed by atoms with van der Waals surface area (Å²) in [4.78, 5) is 30.1. The molecule has 3 aromatic rings. The van der Waals surface area contributed by atoms with Gasteiger partial charge in [-0.1, -0.05) is 55.5 Å². The van der Waals surface area contributed by atoms with Crippen LogP contribution in [0.3, 0.4) is 0 Å². The molecule has 1 heterocycles. The maximum absolute atomic E-state index is 12.9. The van der Waals surface area contributed by atoms with Crippen LogP contribution in [-0.4, -0.2) is 16.7 Å². The Bertz CT molecular complexity index is 1280. The van der Waals surface area contributed by atoms with Gasteiger partial charge in [0.2, 0.25) is 0 Å². The molecule has 5 heteroatoms. The molecule has 0 spiro atoms. The minimum Gasteiger partial charge on any atom is -0.306 e. The third kappa shape index (κ3) is 5.32. The molecular formula is C28H25ClN2O2. The van der Waals surface area contributed by atoms with Crippen LogP contribution in [0.15, 0.2) is 60.8 Å². The highest BCUT2D eigenvalue weighted by atomic mass is 35.5. The van der Waals surface area contributed by atoms with Crippen LogP contribution in [0, 0.1) is 30.1 Å². The number of Topliss-reactive ketones (excluding diaryl/α,β-unsaturated/α-hetero) is 1. The zero-order chi connectivity index (χ0) is 23.6. The summed E-state index contributed by atoms with van der Waals surface area (Å²) in [6.45, 7) is 6.17. The number of anilines is 1. The van der Waals surface area contributed by atoms with Gasteiger partial charge in [0.25, 0.3) is 5.91 Å². The third-order valence-corrected chi connectivity index (χ3v) is 6.23. The lowest BCUT2D eigenvalue weighted by molar-refractivity contribution is 0.0592. The Morgan fingerprint density at radius 3 is 2.39 bits per heavy atom. The fourth-order valence-electron chi connectivity index (χ4n) is 4.16. The minimum absolute atomic E-state index is 0.00513. The van der Waals surface area contributed by atoms with Gasteiger partial charge in [0.15, 0.2) is 5.78 Å². The summed E-state index contributed by atoms with van der Waals surface area (Å²) in [5, 5.41) is 3.10. The van der Waals surface area contributed by atoms with E-state index in [2.05, 4.69) is 36.0 Å². The summed E-state index contributed by atoms with van der Waals surface area (Å²) in [6, 6.07) is 16.5. The third-order valence-electron chi connectivity index (χ3n) is 5.90. The standard InChI is InChI=1S/C28H25ClN2O2/c1-18-13-20(10-9-19-7-5-4-6-8-19)17-30-26(18)31-27(33)23-14-21(11-12-24(23)29)25(32)22-15-28(2,3)16-22/h4-8,11-14,17,22H,15-16H2,1-3H3,(H,30,31,33). The van der Waals surface area contributed by atoms with Gasteiger partial charge in [0.05, 0.1) is 10.6 Å². The van der Waals surface area contributed by atoms with Crippen LogP contribution in [0.25, 0.3) is 0 Å². The molecule has 4 rings (SSSR count).